The number of hydrogen-bond acceptors (Lipinski definition) is 2. The summed E-state index contributed by atoms with van der Waals surface area (Å²) in [5, 5.41) is 7.83. The largest absolute Gasteiger partial charge is 0.359 e. The lowest BCUT2D eigenvalue weighted by Crippen LogP contribution is -2.26. The average molecular weight is 495 g/mol. The van der Waals surface area contributed by atoms with Crippen LogP contribution in [0.3, 0.4) is 0 Å². The molecule has 37 heavy (non-hydrogen) atoms. The number of nitrogens with zero attached hydrogens (tertiary/aromatic N) is 1. The summed E-state index contributed by atoms with van der Waals surface area (Å²) in [5.74, 6) is -0.317. The molecule has 1 atom stereocenters. The Kier molecular flexibility index (Phi) is 5.56. The molecule has 6 rings (SSSR count). The van der Waals surface area contributed by atoms with Crippen LogP contribution in [-0.2, 0) is 11.8 Å². The number of carbonyl (C=O) groups is 2. The Labute approximate surface area is 213 Å². The van der Waals surface area contributed by atoms with Gasteiger partial charge in [-0.2, -0.15) is 0 Å². The molecule has 1 aliphatic rings. The van der Waals surface area contributed by atoms with Crippen molar-refractivity contribution in [2.24, 2.45) is 13.0 Å². The van der Waals surface area contributed by atoms with Crippen molar-refractivity contribution in [3.8, 4) is 11.1 Å². The van der Waals surface area contributed by atoms with Gasteiger partial charge in [-0.3, -0.25) is 9.59 Å². The van der Waals surface area contributed by atoms with E-state index in [4.69, 9.17) is 0 Å². The quantitative estimate of drug-likeness (QED) is 0.259. The summed E-state index contributed by atoms with van der Waals surface area (Å²) in [5.41, 5.74) is 5.92. The summed E-state index contributed by atoms with van der Waals surface area (Å²) in [6, 6.07) is 18.1. The number of hydrogen-bond donors (Lipinski definition) is 3. The zero-order valence-corrected chi connectivity index (χ0v) is 20.6. The fraction of sp³-hybridized carbons (Fsp3) is 0.200. The lowest BCUT2D eigenvalue weighted by atomic mass is 10.0. The van der Waals surface area contributed by atoms with Gasteiger partial charge in [-0.05, 0) is 66.8 Å². The highest BCUT2D eigenvalue weighted by molar-refractivity contribution is 6.08. The van der Waals surface area contributed by atoms with Crippen LogP contribution in [0.15, 0.2) is 73.1 Å². The highest BCUT2D eigenvalue weighted by Gasteiger charge is 2.30. The van der Waals surface area contributed by atoms with Crippen LogP contribution in [0, 0.1) is 11.7 Å². The van der Waals surface area contributed by atoms with E-state index >= 15 is 0 Å². The Morgan fingerprint density at radius 2 is 1.81 bits per heavy atom. The summed E-state index contributed by atoms with van der Waals surface area (Å²) in [6.07, 6.45) is 5.58. The zero-order chi connectivity index (χ0) is 25.7. The van der Waals surface area contributed by atoms with Gasteiger partial charge in [0, 0.05) is 47.2 Å². The Hall–Kier alpha value is -4.39. The van der Waals surface area contributed by atoms with Crippen LogP contribution in [0.2, 0.25) is 0 Å². The highest BCUT2D eigenvalue weighted by atomic mass is 19.1. The molecule has 1 aliphatic carbocycles. The van der Waals surface area contributed by atoms with Crippen LogP contribution in [-0.4, -0.2) is 21.4 Å². The second kappa shape index (κ2) is 8.92. The number of benzene rings is 3. The maximum Gasteiger partial charge on any atom is 0.253 e. The Morgan fingerprint density at radius 1 is 1.03 bits per heavy atom. The van der Waals surface area contributed by atoms with Gasteiger partial charge in [0.25, 0.3) is 5.91 Å². The molecule has 1 fully saturated rings. The zero-order valence-electron chi connectivity index (χ0n) is 20.6. The molecule has 3 aromatic carbocycles. The normalized spacial score (nSPS) is 14.1. The number of nitrogens with one attached hydrogen (secondary N) is 3. The van der Waals surface area contributed by atoms with E-state index in [0.717, 1.165) is 51.5 Å². The molecule has 0 saturated heterocycles. The molecular weight excluding hydrogens is 467 g/mol. The van der Waals surface area contributed by atoms with Crippen molar-refractivity contribution in [3.63, 3.8) is 0 Å². The fourth-order valence-electron chi connectivity index (χ4n) is 4.88. The van der Waals surface area contributed by atoms with Crippen LogP contribution >= 0.6 is 0 Å². The predicted molar refractivity (Wildman–Crippen MR) is 144 cm³/mol. The Morgan fingerprint density at radius 3 is 2.59 bits per heavy atom. The molecule has 7 heteroatoms. The van der Waals surface area contributed by atoms with Gasteiger partial charge in [-0.1, -0.05) is 30.3 Å². The van der Waals surface area contributed by atoms with Gasteiger partial charge in [0.15, 0.2) is 0 Å². The van der Waals surface area contributed by atoms with E-state index in [9.17, 15) is 14.0 Å². The van der Waals surface area contributed by atoms with Crippen molar-refractivity contribution >= 4 is 39.3 Å². The number of aromatic nitrogens is 2. The van der Waals surface area contributed by atoms with Gasteiger partial charge in [0.2, 0.25) is 5.91 Å². The molecule has 5 aromatic rings. The summed E-state index contributed by atoms with van der Waals surface area (Å²) in [6.45, 7) is 1.84. The third-order valence-electron chi connectivity index (χ3n) is 7.15. The molecule has 6 nitrogen and oxygen atoms in total. The van der Waals surface area contributed by atoms with Crippen molar-refractivity contribution in [2.75, 3.05) is 5.32 Å². The smallest absolute Gasteiger partial charge is 0.253 e. The molecule has 3 N–H and O–H groups in total. The Balaban J connectivity index is 1.30. The first-order valence-corrected chi connectivity index (χ1v) is 12.4. The summed E-state index contributed by atoms with van der Waals surface area (Å²) >= 11 is 0. The SMILES string of the molecule is CC(NC(=O)c1cn(C)c2ccc(-c3ccc4c(NC(=O)C5CC5)c[nH]c4c3)cc12)c1cccc(F)c1. The van der Waals surface area contributed by atoms with E-state index in [-0.39, 0.29) is 29.6 Å². The molecule has 1 unspecified atom stereocenters. The first-order valence-electron chi connectivity index (χ1n) is 12.4. The number of aromatic amines is 1. The minimum absolute atomic E-state index is 0.0806. The lowest BCUT2D eigenvalue weighted by Gasteiger charge is -2.14. The number of aryl methyl sites for hydroxylation is 1. The second-order valence-electron chi connectivity index (χ2n) is 9.86. The van der Waals surface area contributed by atoms with Gasteiger partial charge in [-0.15, -0.1) is 0 Å². The minimum atomic E-state index is -0.341. The first-order chi connectivity index (χ1) is 17.9. The predicted octanol–water partition coefficient (Wildman–Crippen LogP) is 6.31. The van der Waals surface area contributed by atoms with Gasteiger partial charge >= 0.3 is 0 Å². The number of H-pyrrole nitrogens is 1. The number of anilines is 1. The van der Waals surface area contributed by atoms with E-state index in [1.807, 2.05) is 61.3 Å². The molecule has 2 amide bonds. The highest BCUT2D eigenvalue weighted by Crippen LogP contribution is 2.34. The van der Waals surface area contributed by atoms with Crippen LogP contribution < -0.4 is 10.6 Å². The van der Waals surface area contributed by atoms with E-state index < -0.39 is 0 Å². The van der Waals surface area contributed by atoms with E-state index in [0.29, 0.717) is 11.1 Å². The molecule has 186 valence electrons. The first kappa shape index (κ1) is 23.0. The van der Waals surface area contributed by atoms with Crippen LogP contribution in [0.4, 0.5) is 10.1 Å². The molecule has 0 spiro atoms. The van der Waals surface area contributed by atoms with E-state index in [1.54, 1.807) is 12.1 Å². The molecule has 2 heterocycles. The summed E-state index contributed by atoms with van der Waals surface area (Å²) in [4.78, 5) is 28.7. The van der Waals surface area contributed by atoms with Gasteiger partial charge in [0.05, 0.1) is 17.3 Å². The second-order valence-corrected chi connectivity index (χ2v) is 9.86. The minimum Gasteiger partial charge on any atom is -0.359 e. The van der Waals surface area contributed by atoms with Crippen molar-refractivity contribution in [1.82, 2.24) is 14.9 Å². The van der Waals surface area contributed by atoms with E-state index in [1.165, 1.54) is 12.1 Å². The lowest BCUT2D eigenvalue weighted by molar-refractivity contribution is -0.117. The van der Waals surface area contributed by atoms with Crippen molar-refractivity contribution in [3.05, 3.63) is 90.0 Å². The van der Waals surface area contributed by atoms with Crippen molar-refractivity contribution < 1.29 is 14.0 Å². The maximum atomic E-state index is 13.7. The molecule has 0 radical (unpaired) electrons. The molecule has 0 bridgehead atoms. The van der Waals surface area contributed by atoms with Crippen molar-refractivity contribution in [2.45, 2.75) is 25.8 Å². The number of rotatable bonds is 6. The number of fused-ring (bicyclic) bond motifs is 2. The summed E-state index contributed by atoms with van der Waals surface area (Å²) < 4.78 is 15.6. The third kappa shape index (κ3) is 4.37. The average Bonchev–Trinajstić information content (AvgIpc) is 3.60. The number of halogens is 1. The molecule has 2 aromatic heterocycles. The van der Waals surface area contributed by atoms with Crippen molar-refractivity contribution in [1.29, 1.82) is 0 Å². The maximum absolute atomic E-state index is 13.7. The van der Waals surface area contributed by atoms with Crippen LogP contribution in [0.5, 0.6) is 0 Å². The fourth-order valence-corrected chi connectivity index (χ4v) is 4.88. The number of amides is 2. The standard InChI is InChI=1S/C30H27FN4O2/c1-17(19-4-3-5-22(31)12-19)33-30(37)25-16-35(2)28-11-9-20(13-24(25)28)21-8-10-23-26(14-21)32-15-27(23)34-29(36)18-6-7-18/h3-5,8-18,32H,6-7H2,1-2H3,(H,33,37)(H,34,36). The topological polar surface area (TPSA) is 78.9 Å². The van der Waals surface area contributed by atoms with Gasteiger partial charge in [0.1, 0.15) is 5.82 Å². The molecule has 1 saturated carbocycles. The monoisotopic (exact) mass is 494 g/mol. The van der Waals surface area contributed by atoms with E-state index in [2.05, 4.69) is 21.7 Å². The molecule has 0 aliphatic heterocycles. The van der Waals surface area contributed by atoms with Gasteiger partial charge < -0.3 is 20.2 Å². The number of carbonyl (C=O) groups excluding carboxylic acids is 2. The van der Waals surface area contributed by atoms with Crippen LogP contribution in [0.1, 0.15) is 41.7 Å². The third-order valence-corrected chi connectivity index (χ3v) is 7.15. The molecular formula is C30H27FN4O2. The van der Waals surface area contributed by atoms with Gasteiger partial charge in [-0.25, -0.2) is 4.39 Å². The van der Waals surface area contributed by atoms with Crippen LogP contribution in [0.25, 0.3) is 32.9 Å². The Bertz CT molecular complexity index is 1680. The summed E-state index contributed by atoms with van der Waals surface area (Å²) in [7, 11) is 1.91.